The molecule has 7 heteroatoms. The number of nitrogens with one attached hydrogen (secondary N) is 2. The van der Waals surface area contributed by atoms with Crippen molar-refractivity contribution in [2.24, 2.45) is 4.99 Å². The van der Waals surface area contributed by atoms with Gasteiger partial charge in [0.15, 0.2) is 5.96 Å². The van der Waals surface area contributed by atoms with Crippen LogP contribution in [0.4, 0.5) is 0 Å². The van der Waals surface area contributed by atoms with E-state index in [0.717, 1.165) is 24.7 Å². The Morgan fingerprint density at radius 3 is 2.64 bits per heavy atom. The van der Waals surface area contributed by atoms with E-state index < -0.39 is 0 Å². The number of aromatic nitrogens is 1. The van der Waals surface area contributed by atoms with Crippen LogP contribution >= 0.6 is 24.0 Å². The SMILES string of the molecule is CCOCCNC(=NC)NCc1ccc(OC(C)C)nc1.I. The average molecular weight is 422 g/mol. The number of ether oxygens (including phenoxy) is 2. The van der Waals surface area contributed by atoms with Gasteiger partial charge in [-0.3, -0.25) is 4.99 Å². The first-order valence-corrected chi connectivity index (χ1v) is 7.29. The van der Waals surface area contributed by atoms with Crippen molar-refractivity contribution in [2.75, 3.05) is 26.8 Å². The van der Waals surface area contributed by atoms with E-state index in [1.165, 1.54) is 0 Å². The summed E-state index contributed by atoms with van der Waals surface area (Å²) in [5.41, 5.74) is 1.07. The number of nitrogens with zero attached hydrogens (tertiary/aromatic N) is 2. The van der Waals surface area contributed by atoms with Crippen LogP contribution in [0.15, 0.2) is 23.3 Å². The van der Waals surface area contributed by atoms with Crippen LogP contribution in [0.2, 0.25) is 0 Å². The van der Waals surface area contributed by atoms with Gasteiger partial charge in [-0.05, 0) is 26.3 Å². The van der Waals surface area contributed by atoms with Gasteiger partial charge in [-0.25, -0.2) is 4.98 Å². The molecule has 0 saturated heterocycles. The lowest BCUT2D eigenvalue weighted by atomic mass is 10.3. The molecule has 2 N–H and O–H groups in total. The van der Waals surface area contributed by atoms with Crippen molar-refractivity contribution in [1.29, 1.82) is 0 Å². The lowest BCUT2D eigenvalue weighted by Gasteiger charge is -2.12. The predicted octanol–water partition coefficient (Wildman–Crippen LogP) is 2.19. The van der Waals surface area contributed by atoms with Gasteiger partial charge >= 0.3 is 0 Å². The average Bonchev–Trinajstić information content (AvgIpc) is 2.47. The molecular formula is C15H27IN4O2. The number of halogens is 1. The lowest BCUT2D eigenvalue weighted by Crippen LogP contribution is -2.38. The monoisotopic (exact) mass is 422 g/mol. The third-order valence-corrected chi connectivity index (χ3v) is 2.58. The van der Waals surface area contributed by atoms with Gasteiger partial charge in [-0.1, -0.05) is 6.07 Å². The van der Waals surface area contributed by atoms with E-state index in [9.17, 15) is 0 Å². The standard InChI is InChI=1S/C15H26N4O2.HI/c1-5-20-9-8-17-15(16-4)19-11-13-6-7-14(18-10-13)21-12(2)3;/h6-7,10,12H,5,8-9,11H2,1-4H3,(H2,16,17,19);1H. The zero-order valence-electron chi connectivity index (χ0n) is 13.8. The highest BCUT2D eigenvalue weighted by Crippen LogP contribution is 2.09. The van der Waals surface area contributed by atoms with Crippen LogP contribution in [0.5, 0.6) is 5.88 Å². The van der Waals surface area contributed by atoms with Crippen molar-refractivity contribution in [3.8, 4) is 5.88 Å². The molecule has 0 amide bonds. The molecule has 0 radical (unpaired) electrons. The van der Waals surface area contributed by atoms with Crippen LogP contribution in [0.1, 0.15) is 26.3 Å². The summed E-state index contributed by atoms with van der Waals surface area (Å²) in [5, 5.41) is 6.41. The molecule has 0 unspecified atom stereocenters. The molecule has 0 aliphatic heterocycles. The van der Waals surface area contributed by atoms with Crippen LogP contribution in [0.3, 0.4) is 0 Å². The Morgan fingerprint density at radius 2 is 2.09 bits per heavy atom. The van der Waals surface area contributed by atoms with Crippen molar-refractivity contribution < 1.29 is 9.47 Å². The molecular weight excluding hydrogens is 395 g/mol. The minimum absolute atomic E-state index is 0. The van der Waals surface area contributed by atoms with Gasteiger partial charge < -0.3 is 20.1 Å². The van der Waals surface area contributed by atoms with E-state index >= 15 is 0 Å². The van der Waals surface area contributed by atoms with E-state index in [4.69, 9.17) is 9.47 Å². The quantitative estimate of drug-likeness (QED) is 0.291. The number of hydrogen-bond donors (Lipinski definition) is 2. The van der Waals surface area contributed by atoms with E-state index in [0.29, 0.717) is 19.0 Å². The lowest BCUT2D eigenvalue weighted by molar-refractivity contribution is 0.152. The molecule has 0 bridgehead atoms. The largest absolute Gasteiger partial charge is 0.475 e. The van der Waals surface area contributed by atoms with Crippen molar-refractivity contribution in [3.05, 3.63) is 23.9 Å². The summed E-state index contributed by atoms with van der Waals surface area (Å²) in [6.45, 7) is 8.72. The molecule has 0 aliphatic carbocycles. The summed E-state index contributed by atoms with van der Waals surface area (Å²) in [5.74, 6) is 1.39. The van der Waals surface area contributed by atoms with Crippen LogP contribution in [-0.2, 0) is 11.3 Å². The highest BCUT2D eigenvalue weighted by Gasteiger charge is 2.01. The highest BCUT2D eigenvalue weighted by atomic mass is 127. The van der Waals surface area contributed by atoms with Crippen molar-refractivity contribution in [1.82, 2.24) is 15.6 Å². The second kappa shape index (κ2) is 12.5. The maximum atomic E-state index is 5.51. The number of rotatable bonds is 8. The topological polar surface area (TPSA) is 67.8 Å². The highest BCUT2D eigenvalue weighted by molar-refractivity contribution is 14.0. The first kappa shape index (κ1) is 20.9. The molecule has 0 atom stereocenters. The second-order valence-corrected chi connectivity index (χ2v) is 4.72. The molecule has 0 spiro atoms. The summed E-state index contributed by atoms with van der Waals surface area (Å²) >= 11 is 0. The van der Waals surface area contributed by atoms with Crippen LogP contribution in [0, 0.1) is 0 Å². The minimum Gasteiger partial charge on any atom is -0.475 e. The fourth-order valence-corrected chi connectivity index (χ4v) is 1.62. The van der Waals surface area contributed by atoms with E-state index in [1.54, 1.807) is 13.2 Å². The van der Waals surface area contributed by atoms with Gasteiger partial charge in [-0.2, -0.15) is 0 Å². The summed E-state index contributed by atoms with van der Waals surface area (Å²) in [6.07, 6.45) is 1.94. The van der Waals surface area contributed by atoms with Crippen molar-refractivity contribution >= 4 is 29.9 Å². The summed E-state index contributed by atoms with van der Waals surface area (Å²) in [4.78, 5) is 8.42. The summed E-state index contributed by atoms with van der Waals surface area (Å²) < 4.78 is 10.8. The van der Waals surface area contributed by atoms with E-state index in [-0.39, 0.29) is 30.1 Å². The molecule has 0 fully saturated rings. The van der Waals surface area contributed by atoms with Gasteiger partial charge in [0, 0.05) is 39.0 Å². The van der Waals surface area contributed by atoms with E-state index in [1.807, 2.05) is 32.9 Å². The van der Waals surface area contributed by atoms with Gasteiger partial charge in [0.05, 0.1) is 12.7 Å². The number of pyridine rings is 1. The summed E-state index contributed by atoms with van der Waals surface area (Å²) in [7, 11) is 1.74. The molecule has 6 nitrogen and oxygen atoms in total. The number of guanidine groups is 1. The van der Waals surface area contributed by atoms with Crippen molar-refractivity contribution in [3.63, 3.8) is 0 Å². The molecule has 0 saturated carbocycles. The third-order valence-electron chi connectivity index (χ3n) is 2.58. The molecule has 0 aromatic carbocycles. The molecule has 1 rings (SSSR count). The predicted molar refractivity (Wildman–Crippen MR) is 100 cm³/mol. The van der Waals surface area contributed by atoms with Crippen LogP contribution < -0.4 is 15.4 Å². The first-order valence-electron chi connectivity index (χ1n) is 7.29. The maximum absolute atomic E-state index is 5.51. The van der Waals surface area contributed by atoms with Gasteiger partial charge in [0.25, 0.3) is 0 Å². The molecule has 0 aliphatic rings. The van der Waals surface area contributed by atoms with Crippen LogP contribution in [-0.4, -0.2) is 43.9 Å². The Labute approximate surface area is 150 Å². The fraction of sp³-hybridized carbons (Fsp3) is 0.600. The molecule has 22 heavy (non-hydrogen) atoms. The Hall–Kier alpha value is -1.09. The maximum Gasteiger partial charge on any atom is 0.213 e. The molecule has 126 valence electrons. The van der Waals surface area contributed by atoms with Crippen molar-refractivity contribution in [2.45, 2.75) is 33.4 Å². The summed E-state index contributed by atoms with van der Waals surface area (Å²) in [6, 6.07) is 3.87. The third kappa shape index (κ3) is 9.04. The Bertz CT molecular complexity index is 424. The minimum atomic E-state index is 0. The van der Waals surface area contributed by atoms with Gasteiger partial charge in [0.1, 0.15) is 0 Å². The van der Waals surface area contributed by atoms with Gasteiger partial charge in [-0.15, -0.1) is 24.0 Å². The Balaban J connectivity index is 0.00000441. The number of aliphatic imine (C=N–C) groups is 1. The van der Waals surface area contributed by atoms with E-state index in [2.05, 4.69) is 20.6 Å². The fourth-order valence-electron chi connectivity index (χ4n) is 1.62. The molecule has 1 heterocycles. The number of hydrogen-bond acceptors (Lipinski definition) is 4. The van der Waals surface area contributed by atoms with Crippen LogP contribution in [0.25, 0.3) is 0 Å². The van der Waals surface area contributed by atoms with Gasteiger partial charge in [0.2, 0.25) is 5.88 Å². The molecule has 1 aromatic heterocycles. The first-order chi connectivity index (χ1) is 10.2. The smallest absolute Gasteiger partial charge is 0.213 e. The normalized spacial score (nSPS) is 11.0. The Morgan fingerprint density at radius 1 is 1.32 bits per heavy atom. The zero-order valence-corrected chi connectivity index (χ0v) is 16.1. The zero-order chi connectivity index (χ0) is 15.5. The second-order valence-electron chi connectivity index (χ2n) is 4.72. The molecule has 1 aromatic rings. The Kier molecular flexibility index (Phi) is 11.8.